The number of benzene rings is 1. The molecule has 36 heavy (non-hydrogen) atoms. The molecular weight excluding hydrogens is 468 g/mol. The van der Waals surface area contributed by atoms with Crippen molar-refractivity contribution < 1.29 is 34.8 Å². The fourth-order valence-corrected chi connectivity index (χ4v) is 5.96. The summed E-state index contributed by atoms with van der Waals surface area (Å²) in [6.07, 6.45) is 4.72. The normalized spacial score (nSPS) is 27.6. The predicted octanol–water partition coefficient (Wildman–Crippen LogP) is 0.578. The van der Waals surface area contributed by atoms with E-state index in [1.807, 2.05) is 0 Å². The Morgan fingerprint density at radius 2 is 1.81 bits per heavy atom. The number of aliphatic hydroxyl groups excluding tert-OH is 2. The molecule has 2 aromatic rings. The molecule has 0 bridgehead atoms. The molecule has 0 aliphatic heterocycles. The zero-order valence-corrected chi connectivity index (χ0v) is 19.5. The van der Waals surface area contributed by atoms with Gasteiger partial charge in [0.25, 0.3) is 5.91 Å². The van der Waals surface area contributed by atoms with E-state index in [-0.39, 0.29) is 29.7 Å². The van der Waals surface area contributed by atoms with E-state index in [0.29, 0.717) is 16.7 Å². The zero-order valence-electron chi connectivity index (χ0n) is 19.5. The van der Waals surface area contributed by atoms with Crippen molar-refractivity contribution in [3.8, 4) is 16.9 Å². The summed E-state index contributed by atoms with van der Waals surface area (Å²) in [7, 11) is 3.16. The molecule has 0 fully saturated rings. The van der Waals surface area contributed by atoms with Gasteiger partial charge in [-0.05, 0) is 50.0 Å². The minimum absolute atomic E-state index is 0.0200. The maximum atomic E-state index is 13.7. The number of Topliss-reactive ketones (excluding diaryl/α,β-unsaturated/α-hetero) is 2. The van der Waals surface area contributed by atoms with Crippen LogP contribution in [0.5, 0.6) is 5.75 Å². The molecule has 3 aliphatic carbocycles. The van der Waals surface area contributed by atoms with Crippen LogP contribution in [0.25, 0.3) is 11.1 Å². The molecule has 1 aromatic carbocycles. The molecule has 4 atom stereocenters. The molecule has 186 valence electrons. The number of nitrogens with two attached hydrogens (primary N) is 1. The second-order valence-electron chi connectivity index (χ2n) is 9.58. The number of carbonyl (C=O) groups is 3. The molecule has 1 heterocycles. The minimum atomic E-state index is -2.66. The molecule has 11 nitrogen and oxygen atoms in total. The average molecular weight is 492 g/mol. The minimum Gasteiger partial charge on any atom is -0.510 e. The van der Waals surface area contributed by atoms with Gasteiger partial charge in [0.05, 0.1) is 11.6 Å². The van der Waals surface area contributed by atoms with Crippen molar-refractivity contribution in [1.29, 1.82) is 0 Å². The Labute approximate surface area is 205 Å². The lowest BCUT2D eigenvalue weighted by molar-refractivity contribution is -0.148. The third-order valence-electron chi connectivity index (χ3n) is 7.48. The monoisotopic (exact) mass is 492 g/mol. The molecule has 1 aromatic heterocycles. The van der Waals surface area contributed by atoms with Crippen molar-refractivity contribution in [3.05, 3.63) is 64.6 Å². The number of hydrogen-bond acceptors (Lipinski definition) is 10. The van der Waals surface area contributed by atoms with Gasteiger partial charge in [-0.2, -0.15) is 0 Å². The van der Waals surface area contributed by atoms with E-state index in [2.05, 4.69) is 9.97 Å². The number of phenols is 1. The van der Waals surface area contributed by atoms with Crippen LogP contribution in [0, 0.1) is 11.8 Å². The van der Waals surface area contributed by atoms with Gasteiger partial charge >= 0.3 is 0 Å². The first kappa shape index (κ1) is 23.6. The molecule has 11 heteroatoms. The Bertz CT molecular complexity index is 1400. The SMILES string of the molecule is CN(C)[C@H]1C(O)=C(C(N)=O)C(=O)[C@@]2(O)C(O)=C3C(=O)c4c(O)ccc(-c5cncnc5)c4C[C@@H]3C[C@H]12. The standard InChI is InChI=1S/C25H24N4O7/c1-29(2)19-14-6-10-5-13-12(11-7-27-9-28-8-11)3-4-15(30)17(13)20(31)16(10)22(33)25(14,36)23(34)18(21(19)32)24(26)35/h3-4,7-10,14,19,30,32-33,36H,5-6H2,1-2H3,(H2,26,35)/t10-,14-,19-,25+/m1/s1. The number of nitrogens with zero attached hydrogens (tertiary/aromatic N) is 3. The largest absolute Gasteiger partial charge is 0.510 e. The predicted molar refractivity (Wildman–Crippen MR) is 125 cm³/mol. The second-order valence-corrected chi connectivity index (χ2v) is 9.58. The molecular formula is C25H24N4O7. The number of amides is 1. The lowest BCUT2D eigenvalue weighted by atomic mass is 9.58. The first-order valence-corrected chi connectivity index (χ1v) is 11.2. The summed E-state index contributed by atoms with van der Waals surface area (Å²) < 4.78 is 0. The number of likely N-dealkylation sites (N-methyl/N-ethyl adjacent to an activating group) is 1. The van der Waals surface area contributed by atoms with Crippen LogP contribution in [-0.4, -0.2) is 78.5 Å². The van der Waals surface area contributed by atoms with Crippen molar-refractivity contribution in [2.75, 3.05) is 14.1 Å². The van der Waals surface area contributed by atoms with Crippen molar-refractivity contribution in [1.82, 2.24) is 14.9 Å². The number of aromatic nitrogens is 2. The first-order valence-electron chi connectivity index (χ1n) is 11.2. The quantitative estimate of drug-likeness (QED) is 0.379. The number of hydrogen-bond donors (Lipinski definition) is 5. The van der Waals surface area contributed by atoms with E-state index in [0.717, 1.165) is 0 Å². The summed E-state index contributed by atoms with van der Waals surface area (Å²) in [6.45, 7) is 0. The van der Waals surface area contributed by atoms with Crippen molar-refractivity contribution >= 4 is 17.5 Å². The number of carbonyl (C=O) groups excluding carboxylic acids is 3. The fourth-order valence-electron chi connectivity index (χ4n) is 5.96. The molecule has 5 rings (SSSR count). The number of fused-ring (bicyclic) bond motifs is 3. The van der Waals surface area contributed by atoms with Gasteiger partial charge in [-0.25, -0.2) is 9.97 Å². The smallest absolute Gasteiger partial charge is 0.255 e. The second kappa shape index (κ2) is 7.97. The van der Waals surface area contributed by atoms with Gasteiger partial charge < -0.3 is 26.2 Å². The first-order chi connectivity index (χ1) is 17.0. The Hall–Kier alpha value is -4.09. The van der Waals surface area contributed by atoms with Crippen LogP contribution in [0.15, 0.2) is 53.5 Å². The van der Waals surface area contributed by atoms with E-state index in [9.17, 15) is 34.8 Å². The van der Waals surface area contributed by atoms with Crippen molar-refractivity contribution in [2.24, 2.45) is 17.6 Å². The van der Waals surface area contributed by atoms with Crippen molar-refractivity contribution in [3.63, 3.8) is 0 Å². The fraction of sp³-hybridized carbons (Fsp3) is 0.320. The van der Waals surface area contributed by atoms with Gasteiger partial charge in [0.2, 0.25) is 5.78 Å². The van der Waals surface area contributed by atoms with E-state index >= 15 is 0 Å². The topological polar surface area (TPSA) is 187 Å². The third kappa shape index (κ3) is 3.02. The van der Waals surface area contributed by atoms with Gasteiger partial charge in [0.15, 0.2) is 11.4 Å². The molecule has 0 spiro atoms. The summed E-state index contributed by atoms with van der Waals surface area (Å²) in [5, 5.41) is 44.3. The Balaban J connectivity index is 1.73. The number of rotatable bonds is 3. The summed E-state index contributed by atoms with van der Waals surface area (Å²) in [6, 6.07) is 1.95. The molecule has 0 saturated heterocycles. The van der Waals surface area contributed by atoms with E-state index in [1.165, 1.54) is 17.3 Å². The number of aliphatic hydroxyl groups is 3. The molecule has 1 amide bonds. The maximum Gasteiger partial charge on any atom is 0.255 e. The van der Waals surface area contributed by atoms with Gasteiger partial charge in [-0.1, -0.05) is 6.07 Å². The van der Waals surface area contributed by atoms with Gasteiger partial charge in [0, 0.05) is 29.4 Å². The average Bonchev–Trinajstić information content (AvgIpc) is 2.81. The van der Waals surface area contributed by atoms with Crippen LogP contribution < -0.4 is 5.73 Å². The summed E-state index contributed by atoms with van der Waals surface area (Å²) >= 11 is 0. The number of phenolic OH excluding ortho intramolecular Hbond substituents is 1. The van der Waals surface area contributed by atoms with Gasteiger partial charge in [0.1, 0.15) is 29.2 Å². The highest BCUT2D eigenvalue weighted by atomic mass is 16.3. The van der Waals surface area contributed by atoms with E-state index in [4.69, 9.17) is 5.73 Å². The Kier molecular flexibility index (Phi) is 5.23. The van der Waals surface area contributed by atoms with Crippen LogP contribution in [0.3, 0.4) is 0 Å². The van der Waals surface area contributed by atoms with Crippen molar-refractivity contribution in [2.45, 2.75) is 24.5 Å². The highest BCUT2D eigenvalue weighted by molar-refractivity contribution is 6.24. The lowest BCUT2D eigenvalue weighted by Gasteiger charge is -2.50. The Morgan fingerprint density at radius 1 is 1.14 bits per heavy atom. The number of allylic oxidation sites excluding steroid dienone is 1. The van der Waals surface area contributed by atoms with Crippen LogP contribution in [0.4, 0.5) is 0 Å². The maximum absolute atomic E-state index is 13.7. The highest BCUT2D eigenvalue weighted by Gasteiger charge is 2.63. The highest BCUT2D eigenvalue weighted by Crippen LogP contribution is 2.53. The van der Waals surface area contributed by atoms with E-state index < -0.39 is 58.0 Å². The number of primary amides is 1. The van der Waals surface area contributed by atoms with Crippen LogP contribution >= 0.6 is 0 Å². The number of aromatic hydroxyl groups is 1. The summed E-state index contributed by atoms with van der Waals surface area (Å²) in [5.74, 6) is -6.82. The molecule has 6 N–H and O–H groups in total. The number of ketones is 2. The van der Waals surface area contributed by atoms with E-state index in [1.54, 1.807) is 32.6 Å². The summed E-state index contributed by atoms with van der Waals surface area (Å²) in [4.78, 5) is 48.6. The molecule has 0 radical (unpaired) electrons. The molecule has 0 unspecified atom stereocenters. The molecule has 0 saturated carbocycles. The van der Waals surface area contributed by atoms with Crippen LogP contribution in [-0.2, 0) is 16.0 Å². The third-order valence-corrected chi connectivity index (χ3v) is 7.48. The molecule has 3 aliphatic rings. The lowest BCUT2D eigenvalue weighted by Crippen LogP contribution is -2.63. The summed E-state index contributed by atoms with van der Waals surface area (Å²) in [5.41, 5.74) is 3.34. The van der Waals surface area contributed by atoms with Gasteiger partial charge in [-0.15, -0.1) is 0 Å². The van der Waals surface area contributed by atoms with Crippen LogP contribution in [0.1, 0.15) is 22.3 Å². The van der Waals surface area contributed by atoms with Crippen LogP contribution in [0.2, 0.25) is 0 Å². The zero-order chi connectivity index (χ0) is 26.1. The Morgan fingerprint density at radius 3 is 2.42 bits per heavy atom. The van der Waals surface area contributed by atoms with Gasteiger partial charge in [-0.3, -0.25) is 19.3 Å².